The lowest BCUT2D eigenvalue weighted by Crippen LogP contribution is -2.47. The van der Waals surface area contributed by atoms with Gasteiger partial charge in [-0.15, -0.1) is 11.3 Å². The quantitative estimate of drug-likeness (QED) is 0.600. The van der Waals surface area contributed by atoms with Crippen molar-refractivity contribution in [3.63, 3.8) is 0 Å². The van der Waals surface area contributed by atoms with Crippen LogP contribution in [0, 0.1) is 5.92 Å². The van der Waals surface area contributed by atoms with E-state index < -0.39 is 0 Å². The van der Waals surface area contributed by atoms with Crippen molar-refractivity contribution < 1.29 is 4.79 Å². The van der Waals surface area contributed by atoms with Gasteiger partial charge in [-0.2, -0.15) is 0 Å². The van der Waals surface area contributed by atoms with Gasteiger partial charge in [0.25, 0.3) is 0 Å². The zero-order chi connectivity index (χ0) is 18.2. The fourth-order valence-corrected chi connectivity index (χ4v) is 3.70. The fraction of sp³-hybridized carbons (Fsp3) is 0.722. The molecule has 1 heterocycles. The highest BCUT2D eigenvalue weighted by atomic mass is 32.1. The Morgan fingerprint density at radius 1 is 1.40 bits per heavy atom. The van der Waals surface area contributed by atoms with Crippen LogP contribution in [0.4, 0.5) is 0 Å². The molecule has 0 aromatic carbocycles. The van der Waals surface area contributed by atoms with E-state index in [1.807, 2.05) is 6.20 Å². The van der Waals surface area contributed by atoms with E-state index in [1.165, 1.54) is 24.1 Å². The minimum Gasteiger partial charge on any atom is -0.353 e. The number of nitrogens with one attached hydrogen (secondary N) is 2. The van der Waals surface area contributed by atoms with Crippen molar-refractivity contribution in [2.24, 2.45) is 10.9 Å². The van der Waals surface area contributed by atoms with Gasteiger partial charge in [-0.05, 0) is 25.2 Å². The van der Waals surface area contributed by atoms with E-state index in [0.717, 1.165) is 17.8 Å². The Morgan fingerprint density at radius 2 is 2.16 bits per heavy atom. The number of aliphatic imine (C=N–C) groups is 1. The number of aryl methyl sites for hydroxylation is 1. The molecule has 1 amide bonds. The summed E-state index contributed by atoms with van der Waals surface area (Å²) in [6.45, 7) is 5.21. The first-order chi connectivity index (χ1) is 12.0. The second kappa shape index (κ2) is 9.75. The standard InChI is InChI=1S/C18H31N5OS/c1-5-14-10-19-16(25-14)11-20-18(21-12-17(24)23(3)4)22-15-9-7-6-8-13(15)2/h10,13,15H,5-9,11-12H2,1-4H3,(H2,20,21,22). The summed E-state index contributed by atoms with van der Waals surface area (Å²) in [5.41, 5.74) is 0. The van der Waals surface area contributed by atoms with Gasteiger partial charge in [0, 0.05) is 31.2 Å². The number of thiazole rings is 1. The molecular formula is C18H31N5OS. The monoisotopic (exact) mass is 365 g/mol. The van der Waals surface area contributed by atoms with E-state index in [0.29, 0.717) is 24.5 Å². The van der Waals surface area contributed by atoms with Gasteiger partial charge in [-0.3, -0.25) is 4.79 Å². The first kappa shape index (κ1) is 19.7. The van der Waals surface area contributed by atoms with E-state index in [4.69, 9.17) is 0 Å². The van der Waals surface area contributed by atoms with Crippen LogP contribution in [0.3, 0.4) is 0 Å². The second-order valence-electron chi connectivity index (χ2n) is 6.89. The van der Waals surface area contributed by atoms with E-state index in [1.54, 1.807) is 30.3 Å². The van der Waals surface area contributed by atoms with E-state index in [2.05, 4.69) is 34.5 Å². The fourth-order valence-electron chi connectivity index (χ4n) is 2.90. The van der Waals surface area contributed by atoms with Gasteiger partial charge in [-0.1, -0.05) is 26.7 Å². The van der Waals surface area contributed by atoms with Gasteiger partial charge in [0.15, 0.2) is 5.96 Å². The molecule has 2 rings (SSSR count). The summed E-state index contributed by atoms with van der Waals surface area (Å²) in [6, 6.07) is 0.414. The van der Waals surface area contributed by atoms with Crippen molar-refractivity contribution in [2.45, 2.75) is 58.5 Å². The Hall–Kier alpha value is -1.63. The van der Waals surface area contributed by atoms with Crippen LogP contribution in [0.1, 0.15) is 49.4 Å². The molecule has 0 radical (unpaired) electrons. The van der Waals surface area contributed by atoms with Gasteiger partial charge >= 0.3 is 0 Å². The molecule has 6 nitrogen and oxygen atoms in total. The maximum absolute atomic E-state index is 11.9. The lowest BCUT2D eigenvalue weighted by molar-refractivity contribution is -0.127. The lowest BCUT2D eigenvalue weighted by atomic mass is 9.86. The molecule has 140 valence electrons. The molecule has 0 saturated heterocycles. The Bertz CT molecular complexity index is 584. The van der Waals surface area contributed by atoms with E-state index in [-0.39, 0.29) is 12.5 Å². The van der Waals surface area contributed by atoms with Gasteiger partial charge in [-0.25, -0.2) is 9.98 Å². The van der Waals surface area contributed by atoms with Crippen molar-refractivity contribution in [3.05, 3.63) is 16.1 Å². The second-order valence-corrected chi connectivity index (χ2v) is 8.09. The zero-order valence-corrected chi connectivity index (χ0v) is 16.7. The van der Waals surface area contributed by atoms with Crippen molar-refractivity contribution >= 4 is 23.2 Å². The van der Waals surface area contributed by atoms with Gasteiger partial charge in [0.05, 0.1) is 6.54 Å². The van der Waals surface area contributed by atoms with Crippen molar-refractivity contribution in [1.29, 1.82) is 0 Å². The first-order valence-electron chi connectivity index (χ1n) is 9.18. The Morgan fingerprint density at radius 3 is 2.80 bits per heavy atom. The van der Waals surface area contributed by atoms with Crippen molar-refractivity contribution in [2.75, 3.05) is 20.6 Å². The number of hydrogen-bond donors (Lipinski definition) is 2. The van der Waals surface area contributed by atoms with Crippen LogP contribution in [0.15, 0.2) is 11.2 Å². The van der Waals surface area contributed by atoms with Crippen LogP contribution in [-0.4, -0.2) is 48.4 Å². The maximum atomic E-state index is 11.9. The molecule has 1 aliphatic carbocycles. The zero-order valence-electron chi connectivity index (χ0n) is 15.8. The minimum absolute atomic E-state index is 0.000287. The summed E-state index contributed by atoms with van der Waals surface area (Å²) in [5.74, 6) is 1.33. The number of amides is 1. The Kier molecular flexibility index (Phi) is 7.68. The van der Waals surface area contributed by atoms with Crippen LogP contribution in [0.2, 0.25) is 0 Å². The van der Waals surface area contributed by atoms with Gasteiger partial charge in [0.1, 0.15) is 11.6 Å². The number of carbonyl (C=O) groups is 1. The molecule has 1 aliphatic rings. The van der Waals surface area contributed by atoms with E-state index >= 15 is 0 Å². The average molecular weight is 366 g/mol. The third-order valence-corrected chi connectivity index (χ3v) is 5.80. The van der Waals surface area contributed by atoms with E-state index in [9.17, 15) is 4.79 Å². The Labute approximate surface area is 155 Å². The molecule has 1 saturated carbocycles. The molecule has 1 aromatic heterocycles. The first-order valence-corrected chi connectivity index (χ1v) is 9.99. The highest BCUT2D eigenvalue weighted by Gasteiger charge is 2.22. The molecule has 0 aliphatic heterocycles. The predicted molar refractivity (Wildman–Crippen MR) is 104 cm³/mol. The van der Waals surface area contributed by atoms with Crippen molar-refractivity contribution in [1.82, 2.24) is 20.5 Å². The number of hydrogen-bond acceptors (Lipinski definition) is 4. The average Bonchev–Trinajstić information content (AvgIpc) is 3.06. The maximum Gasteiger partial charge on any atom is 0.243 e. The number of rotatable bonds is 6. The van der Waals surface area contributed by atoms with Gasteiger partial charge < -0.3 is 15.5 Å². The van der Waals surface area contributed by atoms with Crippen LogP contribution >= 0.6 is 11.3 Å². The number of carbonyl (C=O) groups excluding carboxylic acids is 1. The highest BCUT2D eigenvalue weighted by Crippen LogP contribution is 2.23. The molecular weight excluding hydrogens is 334 g/mol. The van der Waals surface area contributed by atoms with Crippen LogP contribution in [0.5, 0.6) is 0 Å². The highest BCUT2D eigenvalue weighted by molar-refractivity contribution is 7.11. The summed E-state index contributed by atoms with van der Waals surface area (Å²) in [4.78, 5) is 23.7. The summed E-state index contributed by atoms with van der Waals surface area (Å²) in [7, 11) is 3.51. The number of guanidine groups is 1. The van der Waals surface area contributed by atoms with Gasteiger partial charge in [0.2, 0.25) is 5.91 Å². The molecule has 0 spiro atoms. The molecule has 1 fully saturated rings. The largest absolute Gasteiger partial charge is 0.353 e. The number of aromatic nitrogens is 1. The molecule has 7 heteroatoms. The SMILES string of the molecule is CCc1cnc(CNC(=NCC(=O)N(C)C)NC2CCCCC2C)s1. The number of likely N-dealkylation sites (N-methyl/N-ethyl adjacent to an activating group) is 1. The number of nitrogens with zero attached hydrogens (tertiary/aromatic N) is 3. The predicted octanol–water partition coefficient (Wildman–Crippen LogP) is 2.41. The molecule has 2 atom stereocenters. The van der Waals surface area contributed by atoms with Crippen LogP contribution < -0.4 is 10.6 Å². The third-order valence-electron chi connectivity index (χ3n) is 4.66. The smallest absolute Gasteiger partial charge is 0.243 e. The molecule has 25 heavy (non-hydrogen) atoms. The lowest BCUT2D eigenvalue weighted by Gasteiger charge is -2.30. The van der Waals surface area contributed by atoms with Crippen LogP contribution in [-0.2, 0) is 17.8 Å². The topological polar surface area (TPSA) is 69.6 Å². The summed E-state index contributed by atoms with van der Waals surface area (Å²) in [6.07, 6.45) is 7.89. The summed E-state index contributed by atoms with van der Waals surface area (Å²) in [5, 5.41) is 7.93. The molecule has 2 N–H and O–H groups in total. The Balaban J connectivity index is 1.99. The normalized spacial score (nSPS) is 21.0. The molecule has 1 aromatic rings. The summed E-state index contributed by atoms with van der Waals surface area (Å²) < 4.78 is 0. The summed E-state index contributed by atoms with van der Waals surface area (Å²) >= 11 is 1.72. The van der Waals surface area contributed by atoms with Crippen LogP contribution in [0.25, 0.3) is 0 Å². The minimum atomic E-state index is 0.000287. The molecule has 0 bridgehead atoms. The van der Waals surface area contributed by atoms with Crippen molar-refractivity contribution in [3.8, 4) is 0 Å². The third kappa shape index (κ3) is 6.30. The molecule has 2 unspecified atom stereocenters.